The fraction of sp³-hybridized carbons (Fsp3) is 0.391. The zero-order chi connectivity index (χ0) is 24.1. The van der Waals surface area contributed by atoms with Gasteiger partial charge in [-0.2, -0.15) is 0 Å². The van der Waals surface area contributed by atoms with Crippen LogP contribution in [0, 0.1) is 0 Å². The van der Waals surface area contributed by atoms with Crippen LogP contribution < -0.4 is 14.8 Å². The van der Waals surface area contributed by atoms with Crippen molar-refractivity contribution in [1.29, 1.82) is 0 Å². The minimum atomic E-state index is -0.216. The average molecular weight is 486 g/mol. The summed E-state index contributed by atoms with van der Waals surface area (Å²) in [5.41, 5.74) is 1.08. The Bertz CT molecular complexity index is 1070. The zero-order valence-electron chi connectivity index (χ0n) is 19.2. The van der Waals surface area contributed by atoms with Crippen molar-refractivity contribution in [2.75, 3.05) is 64.7 Å². The summed E-state index contributed by atoms with van der Waals surface area (Å²) in [6.07, 6.45) is 1.61. The predicted molar refractivity (Wildman–Crippen MR) is 127 cm³/mol. The van der Waals surface area contributed by atoms with Gasteiger partial charge in [0.2, 0.25) is 18.6 Å². The number of pyridine rings is 1. The maximum absolute atomic E-state index is 13.2. The Morgan fingerprint density at radius 2 is 1.85 bits per heavy atom. The SMILES string of the molecule is CN(C)C(=O)CN1CCN(C(=O)c2cccnc2SCC(=O)Nc2ccc3c(c2)OCO3)CC1. The van der Waals surface area contributed by atoms with Crippen LogP contribution >= 0.6 is 11.8 Å². The minimum Gasteiger partial charge on any atom is -0.454 e. The van der Waals surface area contributed by atoms with E-state index < -0.39 is 0 Å². The molecular weight excluding hydrogens is 458 g/mol. The summed E-state index contributed by atoms with van der Waals surface area (Å²) in [5, 5.41) is 3.34. The van der Waals surface area contributed by atoms with E-state index in [1.165, 1.54) is 11.8 Å². The van der Waals surface area contributed by atoms with Gasteiger partial charge in [-0.1, -0.05) is 11.8 Å². The number of piperazine rings is 1. The second kappa shape index (κ2) is 10.7. The molecule has 4 rings (SSSR count). The Morgan fingerprint density at radius 3 is 2.62 bits per heavy atom. The first-order chi connectivity index (χ1) is 16.4. The average Bonchev–Trinajstić information content (AvgIpc) is 3.31. The lowest BCUT2D eigenvalue weighted by molar-refractivity contribution is -0.130. The van der Waals surface area contributed by atoms with Gasteiger partial charge in [-0.15, -0.1) is 0 Å². The number of fused-ring (bicyclic) bond motifs is 1. The number of aromatic nitrogens is 1. The summed E-state index contributed by atoms with van der Waals surface area (Å²) in [5.74, 6) is 1.05. The van der Waals surface area contributed by atoms with E-state index >= 15 is 0 Å². The smallest absolute Gasteiger partial charge is 0.256 e. The summed E-state index contributed by atoms with van der Waals surface area (Å²) in [4.78, 5) is 47.3. The molecule has 1 saturated heterocycles. The number of benzene rings is 1. The molecule has 3 heterocycles. The summed E-state index contributed by atoms with van der Waals surface area (Å²) in [7, 11) is 3.47. The number of ether oxygens (including phenoxy) is 2. The molecule has 0 spiro atoms. The van der Waals surface area contributed by atoms with Crippen molar-refractivity contribution >= 4 is 35.2 Å². The fourth-order valence-corrected chi connectivity index (χ4v) is 4.37. The van der Waals surface area contributed by atoms with Gasteiger partial charge >= 0.3 is 0 Å². The molecule has 1 aromatic heterocycles. The highest BCUT2D eigenvalue weighted by atomic mass is 32.2. The number of hydrogen-bond donors (Lipinski definition) is 1. The molecule has 1 aromatic carbocycles. The van der Waals surface area contributed by atoms with Gasteiger partial charge in [0.05, 0.1) is 17.9 Å². The molecule has 3 amide bonds. The van der Waals surface area contributed by atoms with E-state index in [-0.39, 0.29) is 30.3 Å². The van der Waals surface area contributed by atoms with Crippen molar-refractivity contribution < 1.29 is 23.9 Å². The van der Waals surface area contributed by atoms with Crippen LogP contribution in [0.15, 0.2) is 41.6 Å². The van der Waals surface area contributed by atoms with Crippen LogP contribution in [0.4, 0.5) is 5.69 Å². The van der Waals surface area contributed by atoms with Crippen molar-refractivity contribution in [2.45, 2.75) is 5.03 Å². The molecule has 0 bridgehead atoms. The van der Waals surface area contributed by atoms with Gasteiger partial charge in [0.1, 0.15) is 5.03 Å². The second-order valence-electron chi connectivity index (χ2n) is 8.12. The lowest BCUT2D eigenvalue weighted by Gasteiger charge is -2.35. The minimum absolute atomic E-state index is 0.0461. The summed E-state index contributed by atoms with van der Waals surface area (Å²) in [6, 6.07) is 8.66. The number of carbonyl (C=O) groups excluding carboxylic acids is 3. The summed E-state index contributed by atoms with van der Waals surface area (Å²) >= 11 is 1.22. The van der Waals surface area contributed by atoms with E-state index in [1.807, 2.05) is 4.90 Å². The molecule has 2 aliphatic heterocycles. The van der Waals surface area contributed by atoms with E-state index in [0.29, 0.717) is 60.5 Å². The first-order valence-corrected chi connectivity index (χ1v) is 11.9. The maximum Gasteiger partial charge on any atom is 0.256 e. The van der Waals surface area contributed by atoms with Crippen molar-refractivity contribution in [1.82, 2.24) is 19.7 Å². The van der Waals surface area contributed by atoms with Crippen molar-refractivity contribution in [3.63, 3.8) is 0 Å². The molecule has 0 atom stereocenters. The molecule has 180 valence electrons. The second-order valence-corrected chi connectivity index (χ2v) is 9.08. The zero-order valence-corrected chi connectivity index (χ0v) is 20.0. The van der Waals surface area contributed by atoms with Crippen LogP contribution in [-0.4, -0.2) is 96.8 Å². The van der Waals surface area contributed by atoms with Crippen LogP contribution in [0.5, 0.6) is 11.5 Å². The van der Waals surface area contributed by atoms with Gasteiger partial charge in [-0.3, -0.25) is 19.3 Å². The Balaban J connectivity index is 1.31. The van der Waals surface area contributed by atoms with Crippen LogP contribution in [0.3, 0.4) is 0 Å². The number of rotatable bonds is 7. The molecule has 34 heavy (non-hydrogen) atoms. The third-order valence-electron chi connectivity index (χ3n) is 5.52. The number of thioether (sulfide) groups is 1. The fourth-order valence-electron chi connectivity index (χ4n) is 3.59. The highest BCUT2D eigenvalue weighted by Crippen LogP contribution is 2.34. The molecule has 1 N–H and O–H groups in total. The number of carbonyl (C=O) groups is 3. The van der Waals surface area contributed by atoms with E-state index in [0.717, 1.165) is 0 Å². The molecule has 2 aliphatic rings. The maximum atomic E-state index is 13.2. The number of hydrogen-bond acceptors (Lipinski definition) is 8. The molecule has 10 nitrogen and oxygen atoms in total. The highest BCUT2D eigenvalue weighted by Gasteiger charge is 2.26. The van der Waals surface area contributed by atoms with E-state index in [1.54, 1.807) is 60.4 Å². The van der Waals surface area contributed by atoms with Gasteiger partial charge in [0.15, 0.2) is 11.5 Å². The van der Waals surface area contributed by atoms with Crippen molar-refractivity contribution in [3.8, 4) is 11.5 Å². The van der Waals surface area contributed by atoms with Crippen LogP contribution in [0.25, 0.3) is 0 Å². The first kappa shape index (κ1) is 23.8. The highest BCUT2D eigenvalue weighted by molar-refractivity contribution is 8.00. The van der Waals surface area contributed by atoms with E-state index in [2.05, 4.69) is 10.3 Å². The molecule has 0 aliphatic carbocycles. The lowest BCUT2D eigenvalue weighted by Crippen LogP contribution is -2.51. The molecular formula is C23H27N5O5S. The van der Waals surface area contributed by atoms with Gasteiger partial charge in [-0.05, 0) is 24.3 Å². The largest absolute Gasteiger partial charge is 0.454 e. The Morgan fingerprint density at radius 1 is 1.09 bits per heavy atom. The summed E-state index contributed by atoms with van der Waals surface area (Å²) < 4.78 is 10.6. The van der Waals surface area contributed by atoms with Crippen molar-refractivity contribution in [2.24, 2.45) is 0 Å². The van der Waals surface area contributed by atoms with Gasteiger partial charge in [0.25, 0.3) is 5.91 Å². The Hall–Kier alpha value is -3.31. The van der Waals surface area contributed by atoms with E-state index in [4.69, 9.17) is 9.47 Å². The molecule has 0 saturated carbocycles. The van der Waals surface area contributed by atoms with Gasteiger partial charge in [0, 0.05) is 58.2 Å². The number of likely N-dealkylation sites (N-methyl/N-ethyl adjacent to an activating group) is 1. The van der Waals surface area contributed by atoms with Gasteiger partial charge < -0.3 is 24.6 Å². The summed E-state index contributed by atoms with van der Waals surface area (Å²) in [6.45, 7) is 2.84. The lowest BCUT2D eigenvalue weighted by atomic mass is 10.2. The molecule has 11 heteroatoms. The molecule has 0 radical (unpaired) electrons. The van der Waals surface area contributed by atoms with Gasteiger partial charge in [-0.25, -0.2) is 4.98 Å². The predicted octanol–water partition coefficient (Wildman–Crippen LogP) is 1.39. The molecule has 0 unspecified atom stereocenters. The normalized spacial score (nSPS) is 15.2. The third kappa shape index (κ3) is 5.78. The molecule has 2 aromatic rings. The number of anilines is 1. The Labute approximate surface area is 202 Å². The van der Waals surface area contributed by atoms with Crippen molar-refractivity contribution in [3.05, 3.63) is 42.1 Å². The standard InChI is InChI=1S/C23H27N5O5S/c1-26(2)21(30)13-27-8-10-28(11-9-27)23(31)17-4-3-7-24-22(17)34-14-20(29)25-16-5-6-18-19(12-16)33-15-32-18/h3-7,12H,8-11,13-15H2,1-2H3,(H,25,29). The van der Waals surface area contributed by atoms with Crippen LogP contribution in [-0.2, 0) is 9.59 Å². The molecule has 1 fully saturated rings. The topological polar surface area (TPSA) is 104 Å². The monoisotopic (exact) mass is 485 g/mol. The van der Waals surface area contributed by atoms with E-state index in [9.17, 15) is 14.4 Å². The number of nitrogens with zero attached hydrogens (tertiary/aromatic N) is 4. The quantitative estimate of drug-likeness (QED) is 0.587. The first-order valence-electron chi connectivity index (χ1n) is 10.9. The Kier molecular flexibility index (Phi) is 7.53. The van der Waals surface area contributed by atoms with Crippen LogP contribution in [0.1, 0.15) is 10.4 Å². The third-order valence-corrected chi connectivity index (χ3v) is 6.52. The number of nitrogens with one attached hydrogen (secondary N) is 1. The van der Waals surface area contributed by atoms with Crippen LogP contribution in [0.2, 0.25) is 0 Å². The number of amides is 3.